The molecule has 0 bridgehead atoms. The van der Waals surface area contributed by atoms with Crippen LogP contribution < -0.4 is 5.32 Å². The highest BCUT2D eigenvalue weighted by molar-refractivity contribution is 5.99. The molecule has 2 N–H and O–H groups in total. The number of carbonyl (C=O) groups is 1. The van der Waals surface area contributed by atoms with Gasteiger partial charge in [-0.3, -0.25) is 4.79 Å². The number of amides is 1. The first-order chi connectivity index (χ1) is 10.1. The first-order valence-corrected chi connectivity index (χ1v) is 6.85. The molecule has 0 saturated carbocycles. The highest BCUT2D eigenvalue weighted by Gasteiger charge is 2.12. The minimum absolute atomic E-state index is 0.0197. The molecule has 2 aromatic rings. The Balaban J connectivity index is 2.10. The molecule has 0 atom stereocenters. The van der Waals surface area contributed by atoms with Gasteiger partial charge in [-0.25, -0.2) is 0 Å². The van der Waals surface area contributed by atoms with Gasteiger partial charge in [-0.05, 0) is 23.3 Å². The predicted octanol–water partition coefficient (Wildman–Crippen LogP) is 2.49. The van der Waals surface area contributed by atoms with E-state index in [0.29, 0.717) is 12.1 Å². The van der Waals surface area contributed by atoms with Gasteiger partial charge in [0.1, 0.15) is 0 Å². The first kappa shape index (κ1) is 15.1. The van der Waals surface area contributed by atoms with E-state index in [0.717, 1.165) is 16.8 Å². The number of aliphatic hydroxyl groups excluding tert-OH is 1. The summed E-state index contributed by atoms with van der Waals surface area (Å²) in [5, 5.41) is 12.3. The van der Waals surface area contributed by atoms with Crippen LogP contribution >= 0.6 is 0 Å². The third kappa shape index (κ3) is 3.83. The van der Waals surface area contributed by atoms with Crippen LogP contribution in [0.1, 0.15) is 21.5 Å². The van der Waals surface area contributed by atoms with Gasteiger partial charge in [0, 0.05) is 26.3 Å². The van der Waals surface area contributed by atoms with Crippen molar-refractivity contribution < 1.29 is 9.90 Å². The Hall–Kier alpha value is -2.33. The van der Waals surface area contributed by atoms with Crippen LogP contribution in [0.25, 0.3) is 0 Å². The molecule has 0 heterocycles. The van der Waals surface area contributed by atoms with Crippen molar-refractivity contribution in [2.24, 2.45) is 0 Å². The lowest BCUT2D eigenvalue weighted by Crippen LogP contribution is -2.22. The number of anilines is 1. The van der Waals surface area contributed by atoms with Crippen molar-refractivity contribution in [3.63, 3.8) is 0 Å². The molecule has 0 aliphatic rings. The maximum Gasteiger partial charge on any atom is 0.255 e. The predicted molar refractivity (Wildman–Crippen MR) is 84.2 cm³/mol. The molecule has 0 radical (unpaired) electrons. The summed E-state index contributed by atoms with van der Waals surface area (Å²) in [6.07, 6.45) is 0. The van der Waals surface area contributed by atoms with Crippen LogP contribution in [0.2, 0.25) is 0 Å². The fraction of sp³-hybridized carbons (Fsp3) is 0.235. The van der Waals surface area contributed by atoms with E-state index in [9.17, 15) is 4.79 Å². The number of hydrogen-bond acceptors (Lipinski definition) is 3. The molecule has 0 aliphatic heterocycles. The zero-order chi connectivity index (χ0) is 15.2. The van der Waals surface area contributed by atoms with Crippen molar-refractivity contribution in [2.45, 2.75) is 13.2 Å². The number of carbonyl (C=O) groups excluding carboxylic acids is 1. The number of nitrogens with zero attached hydrogens (tertiary/aromatic N) is 1. The monoisotopic (exact) mass is 284 g/mol. The van der Waals surface area contributed by atoms with E-state index in [2.05, 4.69) is 5.32 Å². The molecule has 0 fully saturated rings. The molecule has 0 saturated heterocycles. The van der Waals surface area contributed by atoms with Crippen molar-refractivity contribution in [2.75, 3.05) is 19.4 Å². The molecule has 0 aliphatic carbocycles. The van der Waals surface area contributed by atoms with E-state index < -0.39 is 0 Å². The van der Waals surface area contributed by atoms with E-state index in [4.69, 9.17) is 5.11 Å². The van der Waals surface area contributed by atoms with E-state index in [1.54, 1.807) is 19.0 Å². The fourth-order valence-electron chi connectivity index (χ4n) is 2.02. The van der Waals surface area contributed by atoms with Crippen molar-refractivity contribution in [3.05, 3.63) is 65.2 Å². The fourth-order valence-corrected chi connectivity index (χ4v) is 2.02. The van der Waals surface area contributed by atoms with Gasteiger partial charge < -0.3 is 15.3 Å². The average molecular weight is 284 g/mol. The van der Waals surface area contributed by atoms with Crippen LogP contribution in [-0.4, -0.2) is 30.0 Å². The molecule has 0 aromatic heterocycles. The molecule has 2 aromatic carbocycles. The molecule has 21 heavy (non-hydrogen) atoms. The maximum absolute atomic E-state index is 12.1. The normalized spacial score (nSPS) is 10.2. The lowest BCUT2D eigenvalue weighted by Gasteiger charge is -2.15. The van der Waals surface area contributed by atoms with Gasteiger partial charge in [0.25, 0.3) is 5.91 Å². The molecule has 4 heteroatoms. The summed E-state index contributed by atoms with van der Waals surface area (Å²) in [5.41, 5.74) is 3.47. The summed E-state index contributed by atoms with van der Waals surface area (Å²) in [7, 11) is 3.49. The van der Waals surface area contributed by atoms with Gasteiger partial charge in [-0.1, -0.05) is 36.4 Å². The molecular formula is C17H20N2O2. The quantitative estimate of drug-likeness (QED) is 0.887. The lowest BCUT2D eigenvalue weighted by molar-refractivity contribution is 0.0828. The van der Waals surface area contributed by atoms with Gasteiger partial charge >= 0.3 is 0 Å². The van der Waals surface area contributed by atoms with E-state index >= 15 is 0 Å². The third-order valence-corrected chi connectivity index (χ3v) is 3.25. The molecule has 110 valence electrons. The number of rotatable bonds is 5. The third-order valence-electron chi connectivity index (χ3n) is 3.25. The summed E-state index contributed by atoms with van der Waals surface area (Å²) >= 11 is 0. The second kappa shape index (κ2) is 6.90. The molecule has 0 spiro atoms. The number of hydrogen-bond donors (Lipinski definition) is 2. The topological polar surface area (TPSA) is 52.6 Å². The Morgan fingerprint density at radius 1 is 1.05 bits per heavy atom. The molecule has 0 unspecified atom stereocenters. The van der Waals surface area contributed by atoms with Gasteiger partial charge in [0.15, 0.2) is 0 Å². The Labute approximate surface area is 125 Å². The van der Waals surface area contributed by atoms with E-state index in [1.165, 1.54) is 0 Å². The van der Waals surface area contributed by atoms with Crippen LogP contribution in [0.15, 0.2) is 48.5 Å². The highest BCUT2D eigenvalue weighted by Crippen LogP contribution is 2.17. The van der Waals surface area contributed by atoms with Crippen molar-refractivity contribution in [1.29, 1.82) is 0 Å². The molecular weight excluding hydrogens is 264 g/mol. The highest BCUT2D eigenvalue weighted by atomic mass is 16.3. The molecule has 2 rings (SSSR count). The Bertz CT molecular complexity index is 606. The summed E-state index contributed by atoms with van der Waals surface area (Å²) in [6, 6.07) is 15.2. The Morgan fingerprint density at radius 2 is 1.67 bits per heavy atom. The second-order valence-corrected chi connectivity index (χ2v) is 5.07. The minimum Gasteiger partial charge on any atom is -0.392 e. The van der Waals surface area contributed by atoms with Crippen molar-refractivity contribution >= 4 is 11.6 Å². The van der Waals surface area contributed by atoms with Gasteiger partial charge in [0.2, 0.25) is 0 Å². The molecule has 4 nitrogen and oxygen atoms in total. The van der Waals surface area contributed by atoms with Crippen LogP contribution in [-0.2, 0) is 13.2 Å². The summed E-state index contributed by atoms with van der Waals surface area (Å²) in [6.45, 7) is 0.678. The Kier molecular flexibility index (Phi) is 4.95. The van der Waals surface area contributed by atoms with Gasteiger partial charge in [-0.2, -0.15) is 0 Å². The summed E-state index contributed by atoms with van der Waals surface area (Å²) in [4.78, 5) is 13.7. The van der Waals surface area contributed by atoms with E-state index in [1.807, 2.05) is 48.5 Å². The van der Waals surface area contributed by atoms with Crippen LogP contribution in [0.4, 0.5) is 5.69 Å². The number of nitrogens with one attached hydrogen (secondary N) is 1. The van der Waals surface area contributed by atoms with E-state index in [-0.39, 0.29) is 12.5 Å². The standard InChI is InChI=1S/C17H20N2O2/c1-19(2)17(21)15-5-3-4-6-16(15)18-11-13-7-9-14(12-20)10-8-13/h3-10,18,20H,11-12H2,1-2H3. The number of para-hydroxylation sites is 1. The Morgan fingerprint density at radius 3 is 2.29 bits per heavy atom. The number of benzene rings is 2. The van der Waals surface area contributed by atoms with Crippen molar-refractivity contribution in [1.82, 2.24) is 4.90 Å². The number of aliphatic hydroxyl groups is 1. The summed E-state index contributed by atoms with van der Waals surface area (Å²) < 4.78 is 0. The first-order valence-electron chi connectivity index (χ1n) is 6.85. The summed E-state index contributed by atoms with van der Waals surface area (Å²) in [5.74, 6) is -0.0197. The smallest absolute Gasteiger partial charge is 0.255 e. The average Bonchev–Trinajstić information content (AvgIpc) is 2.53. The zero-order valence-electron chi connectivity index (χ0n) is 12.3. The van der Waals surface area contributed by atoms with Gasteiger partial charge in [-0.15, -0.1) is 0 Å². The van der Waals surface area contributed by atoms with Gasteiger partial charge in [0.05, 0.1) is 12.2 Å². The van der Waals surface area contributed by atoms with Crippen LogP contribution in [0, 0.1) is 0 Å². The zero-order valence-corrected chi connectivity index (χ0v) is 12.3. The van der Waals surface area contributed by atoms with Crippen LogP contribution in [0.3, 0.4) is 0 Å². The second-order valence-electron chi connectivity index (χ2n) is 5.07. The SMILES string of the molecule is CN(C)C(=O)c1ccccc1NCc1ccc(CO)cc1. The lowest BCUT2D eigenvalue weighted by atomic mass is 10.1. The van der Waals surface area contributed by atoms with Crippen molar-refractivity contribution in [3.8, 4) is 0 Å². The van der Waals surface area contributed by atoms with Crippen LogP contribution in [0.5, 0.6) is 0 Å². The maximum atomic E-state index is 12.1. The largest absolute Gasteiger partial charge is 0.392 e. The molecule has 1 amide bonds. The minimum atomic E-state index is -0.0197.